The highest BCUT2D eigenvalue weighted by molar-refractivity contribution is 7.15. The number of fused-ring (bicyclic) bond motifs is 1. The van der Waals surface area contributed by atoms with E-state index >= 15 is 0 Å². The minimum atomic E-state index is -0.686. The van der Waals surface area contributed by atoms with Crippen molar-refractivity contribution < 1.29 is 9.18 Å². The van der Waals surface area contributed by atoms with Gasteiger partial charge in [0.1, 0.15) is 18.0 Å². The topological polar surface area (TPSA) is 106 Å². The van der Waals surface area contributed by atoms with E-state index in [4.69, 9.17) is 17.3 Å². The molecule has 0 aliphatic heterocycles. The molecule has 0 fully saturated rings. The summed E-state index contributed by atoms with van der Waals surface area (Å²) in [6.45, 7) is 0.451. The lowest BCUT2D eigenvalue weighted by Gasteiger charge is -2.11. The molecule has 0 radical (unpaired) electrons. The molecule has 2 aromatic carbocycles. The molecule has 0 bridgehead atoms. The van der Waals surface area contributed by atoms with Gasteiger partial charge in [0.25, 0.3) is 5.91 Å². The molecule has 0 atom stereocenters. The second-order valence-electron chi connectivity index (χ2n) is 7.57. The lowest BCUT2D eigenvalue weighted by molar-refractivity contribution is 0.102. The number of aromatic nitrogens is 3. The number of hydrogen-bond donors (Lipinski definition) is 3. The van der Waals surface area contributed by atoms with Gasteiger partial charge in [-0.15, -0.1) is 11.3 Å². The largest absolute Gasteiger partial charge is 0.383 e. The van der Waals surface area contributed by atoms with Gasteiger partial charge in [-0.3, -0.25) is 4.79 Å². The van der Waals surface area contributed by atoms with Gasteiger partial charge in [-0.1, -0.05) is 23.7 Å². The molecule has 1 amide bonds. The predicted molar refractivity (Wildman–Crippen MR) is 138 cm³/mol. The summed E-state index contributed by atoms with van der Waals surface area (Å²) >= 11 is 7.42. The van der Waals surface area contributed by atoms with Crippen LogP contribution in [0, 0.1) is 5.82 Å². The minimum absolute atomic E-state index is 0.00150. The third-order valence-electron chi connectivity index (χ3n) is 5.29. The number of amides is 1. The lowest BCUT2D eigenvalue weighted by atomic mass is 10.1. The quantitative estimate of drug-likeness (QED) is 0.262. The van der Waals surface area contributed by atoms with Gasteiger partial charge in [0.05, 0.1) is 28.3 Å². The number of nitrogen functional groups attached to an aromatic ring is 1. The standard InChI is InChI=1S/C25H18ClFN6OS/c26-18-4-1-5-20(22(18)27)33-25(34)16-3-2-10-29-24(16)30-12-15-7-9-21(35-15)14-6-8-19-17(11-14)23(28)32-13-31-19/h1-11,13H,12H2,(H,29,30)(H,33,34)(H2,28,31,32). The van der Waals surface area contributed by atoms with Gasteiger partial charge in [-0.05, 0) is 54.1 Å². The monoisotopic (exact) mass is 504 g/mol. The number of benzene rings is 2. The van der Waals surface area contributed by atoms with Crippen LogP contribution in [0.4, 0.5) is 21.7 Å². The van der Waals surface area contributed by atoms with Gasteiger partial charge >= 0.3 is 0 Å². The molecule has 5 rings (SSSR count). The molecule has 4 N–H and O–H groups in total. The zero-order valence-electron chi connectivity index (χ0n) is 18.1. The number of carbonyl (C=O) groups is 1. The van der Waals surface area contributed by atoms with Crippen molar-refractivity contribution in [3.05, 3.63) is 94.5 Å². The van der Waals surface area contributed by atoms with Gasteiger partial charge in [0.2, 0.25) is 0 Å². The fourth-order valence-electron chi connectivity index (χ4n) is 3.55. The van der Waals surface area contributed by atoms with Crippen LogP contribution in [0.5, 0.6) is 0 Å². The fourth-order valence-corrected chi connectivity index (χ4v) is 4.67. The molecule has 35 heavy (non-hydrogen) atoms. The van der Waals surface area contributed by atoms with Gasteiger partial charge < -0.3 is 16.4 Å². The smallest absolute Gasteiger partial charge is 0.259 e. The van der Waals surface area contributed by atoms with E-state index in [-0.39, 0.29) is 16.3 Å². The van der Waals surface area contributed by atoms with Crippen LogP contribution in [0.1, 0.15) is 15.2 Å². The van der Waals surface area contributed by atoms with Crippen molar-refractivity contribution in [2.45, 2.75) is 6.54 Å². The Morgan fingerprint density at radius 2 is 1.94 bits per heavy atom. The molecule has 0 spiro atoms. The van der Waals surface area contributed by atoms with E-state index in [0.29, 0.717) is 18.2 Å². The Kier molecular flexibility index (Phi) is 6.26. The number of nitrogens with two attached hydrogens (primary N) is 1. The first-order valence-electron chi connectivity index (χ1n) is 10.5. The number of pyridine rings is 1. The predicted octanol–water partition coefficient (Wildman–Crippen LogP) is 5.99. The van der Waals surface area contributed by atoms with E-state index in [2.05, 4.69) is 25.6 Å². The molecule has 7 nitrogen and oxygen atoms in total. The molecule has 5 aromatic rings. The number of carbonyl (C=O) groups excluding carboxylic acids is 1. The minimum Gasteiger partial charge on any atom is -0.383 e. The van der Waals surface area contributed by atoms with Gasteiger partial charge in [0, 0.05) is 21.3 Å². The van der Waals surface area contributed by atoms with E-state index < -0.39 is 11.7 Å². The number of nitrogens with zero attached hydrogens (tertiary/aromatic N) is 3. The third-order valence-corrected chi connectivity index (χ3v) is 6.72. The first kappa shape index (κ1) is 22.7. The fraction of sp³-hybridized carbons (Fsp3) is 0.0400. The molecule has 0 unspecified atom stereocenters. The van der Waals surface area contributed by atoms with Crippen LogP contribution in [0.15, 0.2) is 73.2 Å². The van der Waals surface area contributed by atoms with Crippen molar-refractivity contribution in [2.24, 2.45) is 0 Å². The Labute approximate surface area is 208 Å². The van der Waals surface area contributed by atoms with Crippen LogP contribution in [0.3, 0.4) is 0 Å². The van der Waals surface area contributed by atoms with Crippen molar-refractivity contribution in [1.82, 2.24) is 15.0 Å². The maximum absolute atomic E-state index is 14.2. The average Bonchev–Trinajstić information content (AvgIpc) is 3.35. The van der Waals surface area contributed by atoms with Gasteiger partial charge in [0.15, 0.2) is 5.82 Å². The van der Waals surface area contributed by atoms with Crippen molar-refractivity contribution in [1.29, 1.82) is 0 Å². The maximum atomic E-state index is 14.2. The Balaban J connectivity index is 1.32. The van der Waals surface area contributed by atoms with Crippen LogP contribution in [0.25, 0.3) is 21.3 Å². The highest BCUT2D eigenvalue weighted by Gasteiger charge is 2.16. The van der Waals surface area contributed by atoms with E-state index in [1.165, 1.54) is 18.5 Å². The van der Waals surface area contributed by atoms with Gasteiger partial charge in [-0.2, -0.15) is 0 Å². The van der Waals surface area contributed by atoms with Crippen LogP contribution < -0.4 is 16.4 Å². The molecule has 0 saturated heterocycles. The first-order valence-corrected chi connectivity index (χ1v) is 11.7. The number of hydrogen-bond acceptors (Lipinski definition) is 7. The summed E-state index contributed by atoms with van der Waals surface area (Å²) < 4.78 is 14.2. The molecule has 0 aliphatic rings. The molecule has 10 heteroatoms. The summed E-state index contributed by atoms with van der Waals surface area (Å²) in [5.41, 5.74) is 8.09. The van der Waals surface area contributed by atoms with Crippen molar-refractivity contribution >= 4 is 57.1 Å². The molecular weight excluding hydrogens is 487 g/mol. The van der Waals surface area contributed by atoms with Crippen LogP contribution in [-0.4, -0.2) is 20.9 Å². The number of anilines is 3. The van der Waals surface area contributed by atoms with Crippen molar-refractivity contribution in [3.63, 3.8) is 0 Å². The van der Waals surface area contributed by atoms with E-state index in [1.54, 1.807) is 35.7 Å². The Morgan fingerprint density at radius 3 is 2.83 bits per heavy atom. The second-order valence-corrected chi connectivity index (χ2v) is 9.14. The Bertz CT molecular complexity index is 1560. The number of rotatable bonds is 6. The van der Waals surface area contributed by atoms with E-state index in [0.717, 1.165) is 26.2 Å². The molecule has 3 heterocycles. The molecular formula is C25H18ClFN6OS. The number of halogens is 2. The SMILES string of the molecule is Nc1ncnc2ccc(-c3ccc(CNc4ncccc4C(=O)Nc4cccc(Cl)c4F)s3)cc12. The summed E-state index contributed by atoms with van der Waals surface area (Å²) in [4.78, 5) is 27.5. The molecule has 0 aliphatic carbocycles. The van der Waals surface area contributed by atoms with E-state index in [1.807, 2.05) is 30.3 Å². The highest BCUT2D eigenvalue weighted by Crippen LogP contribution is 2.32. The molecule has 3 aromatic heterocycles. The maximum Gasteiger partial charge on any atom is 0.259 e. The first-order chi connectivity index (χ1) is 17.0. The summed E-state index contributed by atoms with van der Waals surface area (Å²) in [7, 11) is 0. The Hall–Kier alpha value is -4.08. The average molecular weight is 505 g/mol. The number of thiophene rings is 1. The normalized spacial score (nSPS) is 10.9. The zero-order valence-corrected chi connectivity index (χ0v) is 19.7. The van der Waals surface area contributed by atoms with Crippen LogP contribution >= 0.6 is 22.9 Å². The van der Waals surface area contributed by atoms with Crippen molar-refractivity contribution in [3.8, 4) is 10.4 Å². The van der Waals surface area contributed by atoms with Crippen molar-refractivity contribution in [2.75, 3.05) is 16.4 Å². The summed E-state index contributed by atoms with van der Waals surface area (Å²) in [5.74, 6) is -0.356. The van der Waals surface area contributed by atoms with E-state index in [9.17, 15) is 9.18 Å². The summed E-state index contributed by atoms with van der Waals surface area (Å²) in [6.07, 6.45) is 3.03. The van der Waals surface area contributed by atoms with Crippen LogP contribution in [0.2, 0.25) is 5.02 Å². The highest BCUT2D eigenvalue weighted by atomic mass is 35.5. The lowest BCUT2D eigenvalue weighted by Crippen LogP contribution is -2.16. The van der Waals surface area contributed by atoms with Crippen LogP contribution in [-0.2, 0) is 6.54 Å². The number of nitrogens with one attached hydrogen (secondary N) is 2. The summed E-state index contributed by atoms with van der Waals surface area (Å²) in [6, 6.07) is 17.6. The Morgan fingerprint density at radius 1 is 1.06 bits per heavy atom. The summed E-state index contributed by atoms with van der Waals surface area (Å²) in [5, 5.41) is 6.50. The third kappa shape index (κ3) is 4.77. The molecule has 0 saturated carbocycles. The molecule has 174 valence electrons. The van der Waals surface area contributed by atoms with Gasteiger partial charge in [-0.25, -0.2) is 19.3 Å². The second kappa shape index (κ2) is 9.65. The zero-order chi connectivity index (χ0) is 24.4.